The van der Waals surface area contributed by atoms with Gasteiger partial charge in [-0.3, -0.25) is 4.79 Å². The van der Waals surface area contributed by atoms with Crippen LogP contribution in [0.2, 0.25) is 0 Å². The summed E-state index contributed by atoms with van der Waals surface area (Å²) >= 11 is 0.929. The van der Waals surface area contributed by atoms with Gasteiger partial charge in [0.25, 0.3) is 0 Å². The Morgan fingerprint density at radius 2 is 1.88 bits per heavy atom. The van der Waals surface area contributed by atoms with Crippen molar-refractivity contribution in [3.05, 3.63) is 40.9 Å². The van der Waals surface area contributed by atoms with E-state index in [0.717, 1.165) is 43.3 Å². The summed E-state index contributed by atoms with van der Waals surface area (Å²) in [7, 11) is -3.34. The summed E-state index contributed by atoms with van der Waals surface area (Å²) in [6.07, 6.45) is 7.37. The molecule has 0 aliphatic heterocycles. The molecule has 0 spiro atoms. The number of amides is 1. The van der Waals surface area contributed by atoms with Crippen molar-refractivity contribution in [2.45, 2.75) is 61.9 Å². The second-order valence-electron chi connectivity index (χ2n) is 8.32. The van der Waals surface area contributed by atoms with Crippen LogP contribution < -0.4 is 5.32 Å². The first-order valence-electron chi connectivity index (χ1n) is 10.6. The molecule has 0 bridgehead atoms. The Bertz CT molecular complexity index is 1070. The first-order valence-corrected chi connectivity index (χ1v) is 13.3. The van der Waals surface area contributed by atoms with Gasteiger partial charge in [0.2, 0.25) is 5.91 Å². The van der Waals surface area contributed by atoms with E-state index in [1.165, 1.54) is 18.3 Å². The molecule has 1 amide bonds. The average Bonchev–Trinajstić information content (AvgIpc) is 3.43. The normalized spacial score (nSPS) is 17.6. The van der Waals surface area contributed by atoms with E-state index in [9.17, 15) is 28.2 Å². The zero-order valence-corrected chi connectivity index (χ0v) is 19.7. The van der Waals surface area contributed by atoms with Gasteiger partial charge in [-0.1, -0.05) is 56.1 Å². The molecule has 1 heterocycles. The molecule has 10 heteroatoms. The summed E-state index contributed by atoms with van der Waals surface area (Å²) in [5.74, 6) is -1.75. The average molecular weight is 481 g/mol. The predicted octanol–water partition coefficient (Wildman–Crippen LogP) is 3.53. The Balaban J connectivity index is 1.84. The van der Waals surface area contributed by atoms with Crippen LogP contribution in [-0.4, -0.2) is 41.7 Å². The van der Waals surface area contributed by atoms with Gasteiger partial charge in [0.15, 0.2) is 20.6 Å². The number of aliphatic hydroxyl groups is 1. The number of carbonyl (C=O) groups excluding carboxylic acids is 1. The number of hydrogen-bond acceptors (Lipinski definition) is 7. The summed E-state index contributed by atoms with van der Waals surface area (Å²) in [6.45, 7) is 1.56. The number of nitrogens with one attached hydrogen (secondary N) is 1. The van der Waals surface area contributed by atoms with E-state index < -0.39 is 27.3 Å². The van der Waals surface area contributed by atoms with E-state index in [0.29, 0.717) is 17.9 Å². The lowest BCUT2D eigenvalue weighted by atomic mass is 9.87. The van der Waals surface area contributed by atoms with Crippen LogP contribution in [0.5, 0.6) is 0 Å². The molecule has 2 unspecified atom stereocenters. The Hall–Kier alpha value is -2.30. The van der Waals surface area contributed by atoms with Crippen LogP contribution in [0.4, 0.5) is 5.13 Å². The monoisotopic (exact) mass is 480 g/mol. The lowest BCUT2D eigenvalue weighted by Crippen LogP contribution is -2.33. The number of thiazole rings is 1. The van der Waals surface area contributed by atoms with Crippen LogP contribution in [0.25, 0.3) is 0 Å². The minimum Gasteiger partial charge on any atom is -0.479 e. The van der Waals surface area contributed by atoms with Gasteiger partial charge in [0.1, 0.15) is 0 Å². The standard InChI is InChI=1S/C22H28N2O6S2/c1-3-22(28,20(26)27)18-13-23-21(31-18)24-19(25)17(12-14-6-4-5-7-14)15-8-10-16(11-9-15)32(2,29)30/h8-11,13-14,17,28H,3-7,12H2,1-2H3,(H,26,27)(H,23,24,25). The minimum absolute atomic E-state index is 0.0328. The molecule has 0 saturated heterocycles. The Morgan fingerprint density at radius 3 is 2.41 bits per heavy atom. The quantitative estimate of drug-likeness (QED) is 0.500. The van der Waals surface area contributed by atoms with Crippen LogP contribution in [-0.2, 0) is 25.0 Å². The molecule has 3 rings (SSSR count). The first-order chi connectivity index (χ1) is 15.0. The van der Waals surface area contributed by atoms with Crippen molar-refractivity contribution >= 4 is 38.2 Å². The number of carboxylic acids is 1. The summed E-state index contributed by atoms with van der Waals surface area (Å²) in [4.78, 5) is 29.1. The van der Waals surface area contributed by atoms with Crippen molar-refractivity contribution in [1.82, 2.24) is 4.98 Å². The van der Waals surface area contributed by atoms with Gasteiger partial charge in [0.05, 0.1) is 15.7 Å². The second kappa shape index (κ2) is 9.68. The number of carboxylic acid groups (broad SMARTS) is 1. The van der Waals surface area contributed by atoms with E-state index in [1.807, 2.05) is 0 Å². The molecule has 2 atom stereocenters. The SMILES string of the molecule is CCC(O)(C(=O)O)c1cnc(NC(=O)C(CC2CCCC2)c2ccc(S(C)(=O)=O)cc2)s1. The van der Waals surface area contributed by atoms with Crippen LogP contribution in [0.15, 0.2) is 35.4 Å². The highest BCUT2D eigenvalue weighted by atomic mass is 32.2. The van der Waals surface area contributed by atoms with E-state index in [4.69, 9.17) is 0 Å². The molecule has 174 valence electrons. The molecule has 0 radical (unpaired) electrons. The molecule has 1 saturated carbocycles. The Morgan fingerprint density at radius 1 is 1.25 bits per heavy atom. The molecule has 1 aromatic heterocycles. The highest BCUT2D eigenvalue weighted by Gasteiger charge is 2.38. The van der Waals surface area contributed by atoms with Crippen molar-refractivity contribution in [2.75, 3.05) is 11.6 Å². The maximum atomic E-state index is 13.2. The van der Waals surface area contributed by atoms with Crippen LogP contribution in [0.3, 0.4) is 0 Å². The lowest BCUT2D eigenvalue weighted by molar-refractivity contribution is -0.159. The van der Waals surface area contributed by atoms with Gasteiger partial charge in [-0.15, -0.1) is 0 Å². The fourth-order valence-corrected chi connectivity index (χ4v) is 5.67. The third kappa shape index (κ3) is 5.36. The van der Waals surface area contributed by atoms with Crippen LogP contribution >= 0.6 is 11.3 Å². The smallest absolute Gasteiger partial charge is 0.341 e. The van der Waals surface area contributed by atoms with E-state index in [1.54, 1.807) is 19.1 Å². The molecule has 1 aliphatic rings. The zero-order chi connectivity index (χ0) is 23.5. The molecule has 1 aromatic carbocycles. The molecule has 1 aliphatic carbocycles. The molecular weight excluding hydrogens is 452 g/mol. The lowest BCUT2D eigenvalue weighted by Gasteiger charge is -2.20. The Labute approximate surface area is 191 Å². The van der Waals surface area contributed by atoms with E-state index in [2.05, 4.69) is 10.3 Å². The number of aliphatic carboxylic acids is 1. The van der Waals surface area contributed by atoms with Crippen molar-refractivity contribution in [1.29, 1.82) is 0 Å². The number of hydrogen-bond donors (Lipinski definition) is 3. The van der Waals surface area contributed by atoms with Crippen molar-refractivity contribution in [3.8, 4) is 0 Å². The van der Waals surface area contributed by atoms with Crippen LogP contribution in [0, 0.1) is 5.92 Å². The first kappa shape index (κ1) is 24.3. The van der Waals surface area contributed by atoms with Crippen molar-refractivity contribution in [2.24, 2.45) is 5.92 Å². The van der Waals surface area contributed by atoms with Gasteiger partial charge in [0, 0.05) is 12.5 Å². The van der Waals surface area contributed by atoms with Gasteiger partial charge in [-0.05, 0) is 36.5 Å². The van der Waals surface area contributed by atoms with Gasteiger partial charge in [-0.25, -0.2) is 18.2 Å². The number of carbonyl (C=O) groups is 2. The van der Waals surface area contributed by atoms with Crippen LogP contribution in [0.1, 0.15) is 61.8 Å². The summed E-state index contributed by atoms with van der Waals surface area (Å²) < 4.78 is 23.6. The highest BCUT2D eigenvalue weighted by molar-refractivity contribution is 7.90. The number of anilines is 1. The fourth-order valence-electron chi connectivity index (χ4n) is 4.07. The van der Waals surface area contributed by atoms with Crippen molar-refractivity contribution in [3.63, 3.8) is 0 Å². The minimum atomic E-state index is -3.34. The number of nitrogens with zero attached hydrogens (tertiary/aromatic N) is 1. The number of aromatic nitrogens is 1. The molecule has 32 heavy (non-hydrogen) atoms. The predicted molar refractivity (Wildman–Crippen MR) is 121 cm³/mol. The topological polar surface area (TPSA) is 134 Å². The van der Waals surface area contributed by atoms with E-state index in [-0.39, 0.29) is 27.2 Å². The third-order valence-electron chi connectivity index (χ3n) is 6.08. The molecule has 8 nitrogen and oxygen atoms in total. The van der Waals surface area contributed by atoms with E-state index >= 15 is 0 Å². The summed E-state index contributed by atoms with van der Waals surface area (Å²) in [5.41, 5.74) is -1.33. The summed E-state index contributed by atoms with van der Waals surface area (Å²) in [5, 5.41) is 22.7. The maximum absolute atomic E-state index is 13.2. The largest absolute Gasteiger partial charge is 0.479 e. The van der Waals surface area contributed by atoms with Gasteiger partial charge < -0.3 is 15.5 Å². The zero-order valence-electron chi connectivity index (χ0n) is 18.1. The van der Waals surface area contributed by atoms with Gasteiger partial charge >= 0.3 is 5.97 Å². The second-order valence-corrected chi connectivity index (χ2v) is 11.4. The Kier molecular flexibility index (Phi) is 7.36. The highest BCUT2D eigenvalue weighted by Crippen LogP contribution is 2.36. The molecule has 3 N–H and O–H groups in total. The molecular formula is C22H28N2O6S2. The number of benzene rings is 1. The molecule has 2 aromatic rings. The fraction of sp³-hybridized carbons (Fsp3) is 0.500. The van der Waals surface area contributed by atoms with Crippen molar-refractivity contribution < 1.29 is 28.2 Å². The van der Waals surface area contributed by atoms with Gasteiger partial charge in [-0.2, -0.15) is 0 Å². The number of sulfone groups is 1. The third-order valence-corrected chi connectivity index (χ3v) is 8.27. The number of rotatable bonds is 9. The summed E-state index contributed by atoms with van der Waals surface area (Å²) in [6, 6.07) is 6.36. The molecule has 1 fully saturated rings. The maximum Gasteiger partial charge on any atom is 0.341 e.